The Morgan fingerprint density at radius 1 is 1.13 bits per heavy atom. The van der Waals surface area contributed by atoms with Gasteiger partial charge in [0, 0.05) is 22.2 Å². The van der Waals surface area contributed by atoms with Gasteiger partial charge in [-0.15, -0.1) is 0 Å². The van der Waals surface area contributed by atoms with E-state index in [9.17, 15) is 0 Å². The molecule has 3 rings (SSSR count). The number of ether oxygens (including phenoxy) is 1. The Balaban J connectivity index is 2.07. The van der Waals surface area contributed by atoms with Crippen LogP contribution in [0.5, 0.6) is 5.75 Å². The predicted octanol–water partition coefficient (Wildman–Crippen LogP) is 2.90. The van der Waals surface area contributed by atoms with Crippen LogP contribution in [0, 0.1) is 20.8 Å². The third-order valence-electron chi connectivity index (χ3n) is 4.04. The zero-order valence-electron chi connectivity index (χ0n) is 13.9. The molecule has 0 atom stereocenters. The standard InChI is InChI=1S/C17H21N5O/c1-5-23-15-8-6-14(7-9-15)22(18)21-12(3)16-10-19-20-11(2)17(16)13(21)4/h6-10H,5,18H2,1-4H3. The number of nitrogens with two attached hydrogens (primary N) is 1. The van der Waals surface area contributed by atoms with E-state index < -0.39 is 0 Å². The lowest BCUT2D eigenvalue weighted by molar-refractivity contribution is 0.340. The van der Waals surface area contributed by atoms with Gasteiger partial charge in [-0.25, -0.2) is 15.6 Å². The van der Waals surface area contributed by atoms with Gasteiger partial charge in [0.15, 0.2) is 0 Å². The van der Waals surface area contributed by atoms with Crippen LogP contribution in [0.3, 0.4) is 0 Å². The van der Waals surface area contributed by atoms with Crippen molar-refractivity contribution in [2.24, 2.45) is 5.84 Å². The van der Waals surface area contributed by atoms with Gasteiger partial charge in [-0.2, -0.15) is 10.2 Å². The summed E-state index contributed by atoms with van der Waals surface area (Å²) in [5.74, 6) is 7.20. The minimum absolute atomic E-state index is 0.645. The average Bonchev–Trinajstić information content (AvgIpc) is 2.80. The minimum atomic E-state index is 0.645. The van der Waals surface area contributed by atoms with Crippen molar-refractivity contribution in [3.8, 4) is 5.75 Å². The van der Waals surface area contributed by atoms with Crippen molar-refractivity contribution in [1.29, 1.82) is 0 Å². The van der Waals surface area contributed by atoms with Gasteiger partial charge in [-0.3, -0.25) is 0 Å². The van der Waals surface area contributed by atoms with Crippen LogP contribution < -0.4 is 15.7 Å². The van der Waals surface area contributed by atoms with Gasteiger partial charge in [0.1, 0.15) is 5.75 Å². The summed E-state index contributed by atoms with van der Waals surface area (Å²) in [6, 6.07) is 7.72. The molecule has 120 valence electrons. The van der Waals surface area contributed by atoms with Crippen LogP contribution in [0.4, 0.5) is 5.69 Å². The molecule has 0 aliphatic carbocycles. The highest BCUT2D eigenvalue weighted by atomic mass is 16.5. The van der Waals surface area contributed by atoms with E-state index in [1.54, 1.807) is 11.3 Å². The number of hydrazine groups is 1. The molecule has 6 nitrogen and oxygen atoms in total. The highest BCUT2D eigenvalue weighted by molar-refractivity contribution is 5.89. The number of benzene rings is 1. The molecule has 0 amide bonds. The zero-order chi connectivity index (χ0) is 16.6. The Morgan fingerprint density at radius 2 is 1.83 bits per heavy atom. The first kappa shape index (κ1) is 15.3. The van der Waals surface area contributed by atoms with E-state index in [0.29, 0.717) is 6.61 Å². The summed E-state index contributed by atoms with van der Waals surface area (Å²) in [4.78, 5) is 0. The second kappa shape index (κ2) is 5.89. The minimum Gasteiger partial charge on any atom is -0.494 e. The van der Waals surface area contributed by atoms with Gasteiger partial charge >= 0.3 is 0 Å². The van der Waals surface area contributed by atoms with E-state index in [4.69, 9.17) is 10.6 Å². The Labute approximate surface area is 135 Å². The second-order valence-electron chi connectivity index (χ2n) is 5.47. The van der Waals surface area contributed by atoms with Gasteiger partial charge in [0.25, 0.3) is 0 Å². The molecule has 3 aromatic rings. The summed E-state index contributed by atoms with van der Waals surface area (Å²) in [5.41, 5.74) is 3.86. The first-order chi connectivity index (χ1) is 11.0. The molecule has 0 aliphatic heterocycles. The van der Waals surface area contributed by atoms with Gasteiger partial charge in [0.05, 0.1) is 24.2 Å². The van der Waals surface area contributed by atoms with Gasteiger partial charge in [0.2, 0.25) is 0 Å². The van der Waals surface area contributed by atoms with E-state index in [-0.39, 0.29) is 0 Å². The lowest BCUT2D eigenvalue weighted by Gasteiger charge is -2.23. The van der Waals surface area contributed by atoms with Crippen LogP contribution >= 0.6 is 0 Å². The molecular formula is C17H21N5O. The largest absolute Gasteiger partial charge is 0.494 e. The Kier molecular flexibility index (Phi) is 3.92. The molecule has 2 N–H and O–H groups in total. The van der Waals surface area contributed by atoms with E-state index >= 15 is 0 Å². The van der Waals surface area contributed by atoms with Crippen LogP contribution in [-0.2, 0) is 0 Å². The molecule has 0 spiro atoms. The molecule has 2 heterocycles. The third kappa shape index (κ3) is 2.51. The summed E-state index contributed by atoms with van der Waals surface area (Å²) in [6.07, 6.45) is 1.78. The topological polar surface area (TPSA) is 69.2 Å². The quantitative estimate of drug-likeness (QED) is 0.592. The summed E-state index contributed by atoms with van der Waals surface area (Å²) in [5, 5.41) is 12.0. The molecule has 0 saturated carbocycles. The molecule has 0 fully saturated rings. The van der Waals surface area contributed by atoms with E-state index in [0.717, 1.165) is 39.3 Å². The van der Waals surface area contributed by atoms with Crippen molar-refractivity contribution in [1.82, 2.24) is 14.9 Å². The molecule has 2 aromatic heterocycles. The molecule has 0 unspecified atom stereocenters. The number of aromatic nitrogens is 3. The van der Waals surface area contributed by atoms with Crippen molar-refractivity contribution < 1.29 is 4.74 Å². The fourth-order valence-corrected chi connectivity index (χ4v) is 2.99. The second-order valence-corrected chi connectivity index (χ2v) is 5.47. The highest BCUT2D eigenvalue weighted by Crippen LogP contribution is 2.28. The molecule has 0 saturated heterocycles. The number of aryl methyl sites for hydroxylation is 3. The van der Waals surface area contributed by atoms with E-state index in [2.05, 4.69) is 10.2 Å². The van der Waals surface area contributed by atoms with Gasteiger partial charge in [-0.05, 0) is 52.0 Å². The first-order valence-electron chi connectivity index (χ1n) is 7.62. The normalized spacial score (nSPS) is 11.0. The Bertz CT molecular complexity index is 838. The SMILES string of the molecule is CCOc1ccc(N(N)n2c(C)c3cnnc(C)c3c2C)cc1. The lowest BCUT2D eigenvalue weighted by atomic mass is 10.2. The van der Waals surface area contributed by atoms with Crippen molar-refractivity contribution in [2.45, 2.75) is 27.7 Å². The van der Waals surface area contributed by atoms with Crippen LogP contribution in [0.15, 0.2) is 30.5 Å². The van der Waals surface area contributed by atoms with Crippen molar-refractivity contribution in [3.63, 3.8) is 0 Å². The van der Waals surface area contributed by atoms with Crippen LogP contribution in [0.1, 0.15) is 24.0 Å². The van der Waals surface area contributed by atoms with Crippen molar-refractivity contribution in [3.05, 3.63) is 47.5 Å². The average molecular weight is 311 g/mol. The highest BCUT2D eigenvalue weighted by Gasteiger charge is 2.17. The summed E-state index contributed by atoms with van der Waals surface area (Å²) in [7, 11) is 0. The molecule has 0 aliphatic rings. The molecular weight excluding hydrogens is 290 g/mol. The third-order valence-corrected chi connectivity index (χ3v) is 4.04. The number of hydrogen-bond donors (Lipinski definition) is 1. The van der Waals surface area contributed by atoms with Gasteiger partial charge in [-0.1, -0.05) is 0 Å². The van der Waals surface area contributed by atoms with Crippen LogP contribution in [-0.4, -0.2) is 21.5 Å². The summed E-state index contributed by atoms with van der Waals surface area (Å²) >= 11 is 0. The fraction of sp³-hybridized carbons (Fsp3) is 0.294. The molecule has 6 heteroatoms. The first-order valence-corrected chi connectivity index (χ1v) is 7.62. The van der Waals surface area contributed by atoms with Crippen molar-refractivity contribution >= 4 is 16.5 Å². The van der Waals surface area contributed by atoms with Gasteiger partial charge < -0.3 is 4.74 Å². The van der Waals surface area contributed by atoms with Crippen molar-refractivity contribution in [2.75, 3.05) is 11.7 Å². The monoisotopic (exact) mass is 311 g/mol. The molecule has 0 radical (unpaired) electrons. The predicted molar refractivity (Wildman–Crippen MR) is 91.4 cm³/mol. The maximum atomic E-state index is 6.37. The number of fused-ring (bicyclic) bond motifs is 1. The Morgan fingerprint density at radius 3 is 2.43 bits per heavy atom. The molecule has 23 heavy (non-hydrogen) atoms. The maximum Gasteiger partial charge on any atom is 0.119 e. The van der Waals surface area contributed by atoms with Crippen LogP contribution in [0.2, 0.25) is 0 Å². The number of rotatable bonds is 4. The smallest absolute Gasteiger partial charge is 0.119 e. The number of anilines is 1. The summed E-state index contributed by atoms with van der Waals surface area (Å²) < 4.78 is 7.46. The number of hydrogen-bond acceptors (Lipinski definition) is 5. The number of nitrogens with zero attached hydrogens (tertiary/aromatic N) is 4. The zero-order valence-corrected chi connectivity index (χ0v) is 13.9. The molecule has 1 aromatic carbocycles. The van der Waals surface area contributed by atoms with E-state index in [1.165, 1.54) is 0 Å². The Hall–Kier alpha value is -2.60. The lowest BCUT2D eigenvalue weighted by Crippen LogP contribution is -2.37. The van der Waals surface area contributed by atoms with E-state index in [1.807, 2.05) is 56.6 Å². The summed E-state index contributed by atoms with van der Waals surface area (Å²) in [6.45, 7) is 8.64. The molecule has 0 bridgehead atoms. The van der Waals surface area contributed by atoms with Crippen LogP contribution in [0.25, 0.3) is 10.8 Å². The fourth-order valence-electron chi connectivity index (χ4n) is 2.99. The maximum absolute atomic E-state index is 6.37.